The smallest absolute Gasteiger partial charge is 0.339 e. The zero-order valence-corrected chi connectivity index (χ0v) is 26.2. The summed E-state index contributed by atoms with van der Waals surface area (Å²) in [5.41, 5.74) is -2.18. The number of ether oxygens (including phenoxy) is 2. The predicted octanol–water partition coefficient (Wildman–Crippen LogP) is 4.41. The van der Waals surface area contributed by atoms with Gasteiger partial charge in [-0.2, -0.15) is 0 Å². The molecule has 0 aliphatic carbocycles. The first-order valence-electron chi connectivity index (χ1n) is 15.4. The van der Waals surface area contributed by atoms with Gasteiger partial charge in [0, 0.05) is 19.3 Å². The van der Waals surface area contributed by atoms with Crippen molar-refractivity contribution >= 4 is 29.6 Å². The second kappa shape index (κ2) is 21.1. The van der Waals surface area contributed by atoms with Crippen molar-refractivity contribution in [2.24, 2.45) is 5.92 Å². The molecule has 1 aromatic rings. The number of hydrogen-bond acceptors (Lipinski definition) is 9. The highest BCUT2D eigenvalue weighted by molar-refractivity contribution is 5.95. The van der Waals surface area contributed by atoms with Crippen molar-refractivity contribution in [2.45, 2.75) is 108 Å². The van der Waals surface area contributed by atoms with Gasteiger partial charge < -0.3 is 30.1 Å². The maximum atomic E-state index is 13.5. The summed E-state index contributed by atoms with van der Waals surface area (Å²) in [5, 5.41) is 32.6. The third-order valence-electron chi connectivity index (χ3n) is 7.40. The first-order chi connectivity index (χ1) is 21.0. The Labute approximate surface area is 260 Å². The van der Waals surface area contributed by atoms with Crippen molar-refractivity contribution in [1.29, 1.82) is 0 Å². The van der Waals surface area contributed by atoms with E-state index >= 15 is 0 Å². The Morgan fingerprint density at radius 2 is 1.48 bits per heavy atom. The Morgan fingerprint density at radius 3 is 2.02 bits per heavy atom. The number of unbranched alkanes of at least 4 members (excludes halogenated alkanes) is 8. The molecule has 11 heteroatoms. The van der Waals surface area contributed by atoms with Crippen molar-refractivity contribution in [3.05, 3.63) is 42.0 Å². The normalized spacial score (nSPS) is 13.9. The van der Waals surface area contributed by atoms with Gasteiger partial charge in [-0.05, 0) is 43.4 Å². The van der Waals surface area contributed by atoms with Crippen LogP contribution in [-0.4, -0.2) is 70.8 Å². The van der Waals surface area contributed by atoms with E-state index in [4.69, 9.17) is 4.74 Å². The number of nitrogens with one attached hydrogen (secondary N) is 1. The average molecular weight is 620 g/mol. The third kappa shape index (κ3) is 14.2. The number of rotatable bonds is 23. The Hall–Kier alpha value is -3.73. The summed E-state index contributed by atoms with van der Waals surface area (Å²) in [4.78, 5) is 62.2. The molecular weight excluding hydrogens is 570 g/mol. The van der Waals surface area contributed by atoms with E-state index in [0.717, 1.165) is 46.3 Å². The van der Waals surface area contributed by atoms with Crippen LogP contribution in [0.15, 0.2) is 36.4 Å². The summed E-state index contributed by atoms with van der Waals surface area (Å²) >= 11 is 0. The van der Waals surface area contributed by atoms with E-state index < -0.39 is 47.8 Å². The van der Waals surface area contributed by atoms with Crippen molar-refractivity contribution < 1.29 is 48.8 Å². The number of phenolic OH excluding ortho intramolecular Hbond substituents is 1. The van der Waals surface area contributed by atoms with E-state index in [-0.39, 0.29) is 18.0 Å². The van der Waals surface area contributed by atoms with Crippen LogP contribution in [0.4, 0.5) is 0 Å². The van der Waals surface area contributed by atoms with Crippen LogP contribution in [0.2, 0.25) is 0 Å². The molecule has 0 aliphatic heterocycles. The molecule has 0 aromatic heterocycles. The second-order valence-corrected chi connectivity index (χ2v) is 11.0. The van der Waals surface area contributed by atoms with Crippen molar-refractivity contribution in [3.63, 3.8) is 0 Å². The summed E-state index contributed by atoms with van der Waals surface area (Å²) in [6.07, 6.45) is 12.1. The molecule has 3 atom stereocenters. The molecule has 0 spiro atoms. The first kappa shape index (κ1) is 38.3. The van der Waals surface area contributed by atoms with E-state index in [1.807, 2.05) is 0 Å². The van der Waals surface area contributed by atoms with Crippen molar-refractivity contribution in [3.8, 4) is 5.75 Å². The number of amides is 1. The SMILES string of the molecule is CCCCCCCC(=O)CCCCCC/C=C/[C@H](C(=O)N[C@@H](Cc1ccc(O)cc1)C(=O)OC)[C@@](O)(CC(=O)O)C(=O)OC. The second-order valence-electron chi connectivity index (χ2n) is 11.0. The zero-order chi connectivity index (χ0) is 33.0. The number of aliphatic hydroxyl groups is 1. The Kier molecular flexibility index (Phi) is 18.3. The van der Waals surface area contributed by atoms with E-state index in [9.17, 15) is 39.3 Å². The lowest BCUT2D eigenvalue weighted by atomic mass is 9.82. The quantitative estimate of drug-likeness (QED) is 0.0779. The van der Waals surface area contributed by atoms with Gasteiger partial charge in [0.15, 0.2) is 5.60 Å². The summed E-state index contributed by atoms with van der Waals surface area (Å²) in [5.74, 6) is -6.03. The molecule has 0 unspecified atom stereocenters. The number of ketones is 1. The number of Topliss-reactive ketones (excluding diaryl/α,β-unsaturated/α-hetero) is 1. The topological polar surface area (TPSA) is 177 Å². The highest BCUT2D eigenvalue weighted by Crippen LogP contribution is 2.27. The molecule has 0 bridgehead atoms. The third-order valence-corrected chi connectivity index (χ3v) is 7.40. The van der Waals surface area contributed by atoms with Crippen molar-refractivity contribution in [2.75, 3.05) is 14.2 Å². The van der Waals surface area contributed by atoms with Crippen LogP contribution in [0.3, 0.4) is 0 Å². The number of carbonyl (C=O) groups excluding carboxylic acids is 4. The number of carboxylic acid groups (broad SMARTS) is 1. The van der Waals surface area contributed by atoms with E-state index in [1.165, 1.54) is 37.5 Å². The zero-order valence-electron chi connectivity index (χ0n) is 26.2. The van der Waals surface area contributed by atoms with Gasteiger partial charge >= 0.3 is 17.9 Å². The van der Waals surface area contributed by atoms with Crippen LogP contribution < -0.4 is 5.32 Å². The minimum absolute atomic E-state index is 0.0103. The maximum absolute atomic E-state index is 13.5. The first-order valence-corrected chi connectivity index (χ1v) is 15.4. The van der Waals surface area contributed by atoms with Gasteiger partial charge in [-0.1, -0.05) is 69.7 Å². The minimum atomic E-state index is -2.75. The fourth-order valence-corrected chi connectivity index (χ4v) is 4.87. The fraction of sp³-hybridized carbons (Fsp3) is 0.606. The van der Waals surface area contributed by atoms with Gasteiger partial charge in [-0.3, -0.25) is 14.4 Å². The number of hydrogen-bond donors (Lipinski definition) is 4. The number of esters is 2. The molecule has 0 heterocycles. The summed E-state index contributed by atoms with van der Waals surface area (Å²) < 4.78 is 9.46. The van der Waals surface area contributed by atoms with E-state index in [1.54, 1.807) is 18.2 Å². The highest BCUT2D eigenvalue weighted by Gasteiger charge is 2.50. The van der Waals surface area contributed by atoms with Gasteiger partial charge in [-0.25, -0.2) is 9.59 Å². The Morgan fingerprint density at radius 1 is 0.886 bits per heavy atom. The van der Waals surface area contributed by atoms with Gasteiger partial charge in [-0.15, -0.1) is 0 Å². The van der Waals surface area contributed by atoms with Gasteiger partial charge in [0.1, 0.15) is 17.6 Å². The molecule has 1 aromatic carbocycles. The van der Waals surface area contributed by atoms with E-state index in [2.05, 4.69) is 17.0 Å². The van der Waals surface area contributed by atoms with E-state index in [0.29, 0.717) is 31.2 Å². The number of phenols is 1. The molecule has 0 fully saturated rings. The molecule has 44 heavy (non-hydrogen) atoms. The van der Waals surface area contributed by atoms with Crippen LogP contribution in [-0.2, 0) is 39.9 Å². The molecule has 11 nitrogen and oxygen atoms in total. The Bertz CT molecular complexity index is 1080. The Balaban J connectivity index is 2.89. The van der Waals surface area contributed by atoms with Crippen LogP contribution in [0.1, 0.15) is 96.0 Å². The molecule has 0 aliphatic rings. The molecular formula is C33H49NO10. The fourth-order valence-electron chi connectivity index (χ4n) is 4.87. The highest BCUT2D eigenvalue weighted by atomic mass is 16.5. The minimum Gasteiger partial charge on any atom is -0.508 e. The van der Waals surface area contributed by atoms with Gasteiger partial charge in [0.2, 0.25) is 5.91 Å². The van der Waals surface area contributed by atoms with Gasteiger partial charge in [0.05, 0.1) is 26.6 Å². The number of methoxy groups -OCH3 is 2. The molecule has 4 N–H and O–H groups in total. The lowest BCUT2D eigenvalue weighted by Gasteiger charge is -2.31. The van der Waals surface area contributed by atoms with Crippen LogP contribution in [0.25, 0.3) is 0 Å². The number of allylic oxidation sites excluding steroid dienone is 1. The summed E-state index contributed by atoms with van der Waals surface area (Å²) in [6.45, 7) is 2.15. The number of carboxylic acids is 1. The number of benzene rings is 1. The predicted molar refractivity (Wildman–Crippen MR) is 164 cm³/mol. The standard InChI is InChI=1S/C33H49NO10/c1-4-5-6-9-12-15-25(35)16-13-10-7-8-11-14-17-27(33(42,23-29(37)38)32(41)44-3)30(39)34-28(31(40)43-2)22-24-18-20-26(36)21-19-24/h14,17-21,27-28,36,42H,4-13,15-16,22-23H2,1-3H3,(H,34,39)(H,37,38)/b17-14+/t27-,28+,33+/m1/s1. The van der Waals surface area contributed by atoms with Crippen LogP contribution >= 0.6 is 0 Å². The number of aliphatic carboxylic acids is 1. The number of carbonyl (C=O) groups is 5. The molecule has 0 saturated carbocycles. The van der Waals surface area contributed by atoms with Crippen molar-refractivity contribution in [1.82, 2.24) is 5.32 Å². The molecule has 0 saturated heterocycles. The van der Waals surface area contributed by atoms with Gasteiger partial charge in [0.25, 0.3) is 0 Å². The lowest BCUT2D eigenvalue weighted by molar-refractivity contribution is -0.175. The van der Waals surface area contributed by atoms with Crippen LogP contribution in [0.5, 0.6) is 5.75 Å². The average Bonchev–Trinajstić information content (AvgIpc) is 2.99. The lowest BCUT2D eigenvalue weighted by Crippen LogP contribution is -2.56. The molecule has 246 valence electrons. The monoisotopic (exact) mass is 619 g/mol. The molecule has 1 amide bonds. The largest absolute Gasteiger partial charge is 0.508 e. The number of aromatic hydroxyl groups is 1. The maximum Gasteiger partial charge on any atom is 0.339 e. The summed E-state index contributed by atoms with van der Waals surface area (Å²) in [7, 11) is 2.10. The van der Waals surface area contributed by atoms with Crippen LogP contribution in [0, 0.1) is 5.92 Å². The molecule has 0 radical (unpaired) electrons. The molecule has 1 rings (SSSR count). The summed E-state index contributed by atoms with van der Waals surface area (Å²) in [6, 6.07) is 4.68.